The molecule has 2 aromatic rings. The molecule has 1 aromatic carbocycles. The number of nitrogens with zero attached hydrogens (tertiary/aromatic N) is 2. The van der Waals surface area contributed by atoms with E-state index in [4.69, 9.17) is 4.74 Å². The van der Waals surface area contributed by atoms with E-state index in [0.717, 1.165) is 16.9 Å². The molecule has 0 spiro atoms. The highest BCUT2D eigenvalue weighted by Crippen LogP contribution is 2.30. The van der Waals surface area contributed by atoms with Crippen molar-refractivity contribution in [2.24, 2.45) is 0 Å². The van der Waals surface area contributed by atoms with E-state index in [0.29, 0.717) is 18.7 Å². The van der Waals surface area contributed by atoms with Crippen LogP contribution in [0.15, 0.2) is 42.7 Å². The molecule has 1 aliphatic rings. The van der Waals surface area contributed by atoms with Gasteiger partial charge in [-0.15, -0.1) is 0 Å². The molecule has 1 saturated heterocycles. The lowest BCUT2D eigenvalue weighted by Crippen LogP contribution is -2.39. The molecule has 6 heteroatoms. The minimum atomic E-state index is -0.123. The Hall–Kier alpha value is -2.89. The second-order valence-corrected chi connectivity index (χ2v) is 6.59. The molecule has 0 saturated carbocycles. The summed E-state index contributed by atoms with van der Waals surface area (Å²) in [5, 5.41) is 2.99. The van der Waals surface area contributed by atoms with Crippen LogP contribution in [0.1, 0.15) is 34.3 Å². The molecular formula is C20H23N3O3. The van der Waals surface area contributed by atoms with Crippen molar-refractivity contribution in [3.63, 3.8) is 0 Å². The van der Waals surface area contributed by atoms with Crippen molar-refractivity contribution in [3.8, 4) is 5.75 Å². The second-order valence-electron chi connectivity index (χ2n) is 6.59. The molecule has 1 aromatic heterocycles. The Morgan fingerprint density at radius 2 is 1.92 bits per heavy atom. The molecule has 2 amide bonds. The van der Waals surface area contributed by atoms with Gasteiger partial charge in [-0.25, -0.2) is 0 Å². The second kappa shape index (κ2) is 7.56. The van der Waals surface area contributed by atoms with E-state index in [9.17, 15) is 9.59 Å². The number of pyridine rings is 1. The summed E-state index contributed by atoms with van der Waals surface area (Å²) in [7, 11) is 1.63. The average molecular weight is 353 g/mol. The summed E-state index contributed by atoms with van der Waals surface area (Å²) in [5.41, 5.74) is 2.57. The first-order valence-corrected chi connectivity index (χ1v) is 8.60. The predicted octanol–water partition coefficient (Wildman–Crippen LogP) is 2.14. The molecule has 2 heterocycles. The lowest BCUT2D eigenvalue weighted by Gasteiger charge is -2.19. The Bertz CT molecular complexity index is 804. The molecule has 1 N–H and O–H groups in total. The summed E-state index contributed by atoms with van der Waals surface area (Å²) in [5.74, 6) is 0.662. The van der Waals surface area contributed by atoms with Gasteiger partial charge in [-0.1, -0.05) is 12.1 Å². The van der Waals surface area contributed by atoms with Gasteiger partial charge in [-0.3, -0.25) is 14.6 Å². The molecule has 0 aliphatic carbocycles. The third-order valence-corrected chi connectivity index (χ3v) is 4.81. The fourth-order valence-electron chi connectivity index (χ4n) is 3.42. The summed E-state index contributed by atoms with van der Waals surface area (Å²) in [6.45, 7) is 4.42. The van der Waals surface area contributed by atoms with Crippen LogP contribution in [-0.2, 0) is 4.79 Å². The van der Waals surface area contributed by atoms with E-state index in [1.54, 1.807) is 24.4 Å². The normalized spacial score (nSPS) is 19.3. The van der Waals surface area contributed by atoms with Crippen LogP contribution in [-0.4, -0.2) is 47.9 Å². The van der Waals surface area contributed by atoms with Crippen molar-refractivity contribution in [2.75, 3.05) is 20.2 Å². The van der Waals surface area contributed by atoms with E-state index >= 15 is 0 Å². The number of benzene rings is 1. The van der Waals surface area contributed by atoms with E-state index < -0.39 is 0 Å². The summed E-state index contributed by atoms with van der Waals surface area (Å²) < 4.78 is 5.21. The van der Waals surface area contributed by atoms with E-state index in [1.165, 1.54) is 6.92 Å². The van der Waals surface area contributed by atoms with Gasteiger partial charge in [0.15, 0.2) is 0 Å². The molecule has 2 atom stereocenters. The number of rotatable bonds is 4. The quantitative estimate of drug-likeness (QED) is 0.914. The van der Waals surface area contributed by atoms with Crippen molar-refractivity contribution in [2.45, 2.75) is 25.8 Å². The number of hydrogen-bond acceptors (Lipinski definition) is 4. The number of carbonyl (C=O) groups excluding carboxylic acids is 2. The Labute approximate surface area is 153 Å². The number of likely N-dealkylation sites (tertiary alicyclic amines) is 1. The summed E-state index contributed by atoms with van der Waals surface area (Å²) >= 11 is 0. The molecule has 26 heavy (non-hydrogen) atoms. The van der Waals surface area contributed by atoms with Gasteiger partial charge in [-0.05, 0) is 36.2 Å². The number of nitrogens with one attached hydrogen (secondary N) is 1. The molecule has 1 fully saturated rings. The highest BCUT2D eigenvalue weighted by Gasteiger charge is 2.37. The smallest absolute Gasteiger partial charge is 0.255 e. The minimum absolute atomic E-state index is 0.0331. The van der Waals surface area contributed by atoms with Crippen LogP contribution >= 0.6 is 0 Å². The molecule has 0 unspecified atom stereocenters. The topological polar surface area (TPSA) is 71.5 Å². The first kappa shape index (κ1) is 17.9. The third kappa shape index (κ3) is 3.69. The van der Waals surface area contributed by atoms with Gasteiger partial charge in [0.25, 0.3) is 5.91 Å². The lowest BCUT2D eigenvalue weighted by atomic mass is 9.94. The van der Waals surface area contributed by atoms with Crippen molar-refractivity contribution in [1.82, 2.24) is 15.2 Å². The van der Waals surface area contributed by atoms with Gasteiger partial charge in [0.1, 0.15) is 5.75 Å². The fraction of sp³-hybridized carbons (Fsp3) is 0.350. The molecule has 1 aliphatic heterocycles. The molecule has 136 valence electrons. The number of carbonyl (C=O) groups is 2. The zero-order valence-electron chi connectivity index (χ0n) is 15.2. The van der Waals surface area contributed by atoms with Crippen LogP contribution in [0.4, 0.5) is 0 Å². The van der Waals surface area contributed by atoms with Crippen LogP contribution in [0.5, 0.6) is 5.75 Å². The minimum Gasteiger partial charge on any atom is -0.497 e. The van der Waals surface area contributed by atoms with Crippen LogP contribution in [0.25, 0.3) is 0 Å². The molecular weight excluding hydrogens is 330 g/mol. The number of aromatic nitrogens is 1. The van der Waals surface area contributed by atoms with Gasteiger partial charge >= 0.3 is 0 Å². The maximum atomic E-state index is 12.9. The summed E-state index contributed by atoms with van der Waals surface area (Å²) in [6, 6.07) is 9.48. The van der Waals surface area contributed by atoms with Crippen molar-refractivity contribution in [3.05, 3.63) is 59.4 Å². The number of aryl methyl sites for hydroxylation is 1. The number of hydrogen-bond donors (Lipinski definition) is 1. The van der Waals surface area contributed by atoms with Gasteiger partial charge in [0.2, 0.25) is 5.91 Å². The van der Waals surface area contributed by atoms with Gasteiger partial charge in [0.05, 0.1) is 18.7 Å². The fourth-order valence-corrected chi connectivity index (χ4v) is 3.42. The molecule has 6 nitrogen and oxygen atoms in total. The van der Waals surface area contributed by atoms with Crippen LogP contribution in [0.2, 0.25) is 0 Å². The zero-order chi connectivity index (χ0) is 18.7. The van der Waals surface area contributed by atoms with Gasteiger partial charge < -0.3 is 15.0 Å². The Kier molecular flexibility index (Phi) is 5.21. The first-order chi connectivity index (χ1) is 12.5. The third-order valence-electron chi connectivity index (χ3n) is 4.81. The maximum Gasteiger partial charge on any atom is 0.255 e. The average Bonchev–Trinajstić information content (AvgIpc) is 3.04. The van der Waals surface area contributed by atoms with Crippen molar-refractivity contribution < 1.29 is 14.3 Å². The number of ether oxygens (including phenoxy) is 1. The highest BCUT2D eigenvalue weighted by atomic mass is 16.5. The van der Waals surface area contributed by atoms with E-state index in [1.807, 2.05) is 37.3 Å². The lowest BCUT2D eigenvalue weighted by molar-refractivity contribution is -0.119. The standard InChI is InChI=1S/C20H23N3O3/c1-13-8-9-21-10-17(13)20(25)23-11-18(19(12-23)22-14(2)24)15-4-6-16(26-3)7-5-15/h4-10,18-19H,11-12H2,1-3H3,(H,22,24)/t18-,19+/m0/s1. The highest BCUT2D eigenvalue weighted by molar-refractivity contribution is 5.95. The zero-order valence-corrected chi connectivity index (χ0v) is 15.2. The van der Waals surface area contributed by atoms with E-state index in [-0.39, 0.29) is 23.8 Å². The summed E-state index contributed by atoms with van der Waals surface area (Å²) in [6.07, 6.45) is 3.28. The predicted molar refractivity (Wildman–Crippen MR) is 98.2 cm³/mol. The number of methoxy groups -OCH3 is 1. The SMILES string of the molecule is COc1ccc([C@@H]2CN(C(=O)c3cnccc3C)C[C@H]2NC(C)=O)cc1. The van der Waals surface area contributed by atoms with Gasteiger partial charge in [-0.2, -0.15) is 0 Å². The maximum absolute atomic E-state index is 12.9. The Morgan fingerprint density at radius 1 is 1.19 bits per heavy atom. The van der Waals surface area contributed by atoms with Crippen molar-refractivity contribution in [1.29, 1.82) is 0 Å². The largest absolute Gasteiger partial charge is 0.497 e. The Balaban J connectivity index is 1.85. The monoisotopic (exact) mass is 353 g/mol. The van der Waals surface area contributed by atoms with Crippen LogP contribution in [0.3, 0.4) is 0 Å². The number of amides is 2. The van der Waals surface area contributed by atoms with Crippen LogP contribution in [0, 0.1) is 6.92 Å². The van der Waals surface area contributed by atoms with Crippen molar-refractivity contribution >= 4 is 11.8 Å². The van der Waals surface area contributed by atoms with Gasteiger partial charge in [0, 0.05) is 38.3 Å². The molecule has 3 rings (SSSR count). The van der Waals surface area contributed by atoms with E-state index in [2.05, 4.69) is 10.3 Å². The van der Waals surface area contributed by atoms with Crippen LogP contribution < -0.4 is 10.1 Å². The Morgan fingerprint density at radius 3 is 2.54 bits per heavy atom. The molecule has 0 radical (unpaired) electrons. The first-order valence-electron chi connectivity index (χ1n) is 8.60. The molecule has 0 bridgehead atoms. The summed E-state index contributed by atoms with van der Waals surface area (Å²) in [4.78, 5) is 30.4.